The third-order valence-electron chi connectivity index (χ3n) is 6.72. The van der Waals surface area contributed by atoms with Crippen LogP contribution in [0.4, 0.5) is 0 Å². The molecule has 0 bridgehead atoms. The van der Waals surface area contributed by atoms with Crippen molar-refractivity contribution in [3.05, 3.63) is 94.4 Å². The Morgan fingerprint density at radius 2 is 1.20 bits per heavy atom. The van der Waals surface area contributed by atoms with Crippen LogP contribution in [-0.4, -0.2) is 17.7 Å². The minimum atomic E-state index is -0.329. The van der Waals surface area contributed by atoms with Gasteiger partial charge < -0.3 is 18.7 Å². The monoisotopic (exact) mass is 562 g/mol. The number of unbranched alkanes of at least 4 members (excludes halogenated alkanes) is 2. The number of carbonyl (C=O) groups excluding carboxylic acids is 1. The zero-order valence-corrected chi connectivity index (χ0v) is 24.0. The van der Waals surface area contributed by atoms with Gasteiger partial charge in [0.25, 0.3) is 0 Å². The Morgan fingerprint density at radius 1 is 0.732 bits per heavy atom. The number of benzene rings is 2. The fourth-order valence-electron chi connectivity index (χ4n) is 4.29. The van der Waals surface area contributed by atoms with Crippen LogP contribution in [0.25, 0.3) is 22.6 Å². The molecule has 0 spiro atoms. The van der Waals surface area contributed by atoms with E-state index in [9.17, 15) is 4.79 Å². The van der Waals surface area contributed by atoms with Gasteiger partial charge in [0.2, 0.25) is 0 Å². The average Bonchev–Trinajstić information content (AvgIpc) is 3.54. The number of rotatable bonds is 11. The van der Waals surface area contributed by atoms with Crippen LogP contribution in [0.15, 0.2) is 69.5 Å². The van der Waals surface area contributed by atoms with Gasteiger partial charge in [0, 0.05) is 16.7 Å². The Bertz CT molecular complexity index is 1290. The van der Waals surface area contributed by atoms with Crippen molar-refractivity contribution in [3.63, 3.8) is 0 Å². The number of ether oxygens (including phenoxy) is 1. The molecule has 0 radical (unpaired) electrons. The Kier molecular flexibility index (Phi) is 15.6. The molecule has 0 unspecified atom stereocenters. The first-order valence-electron chi connectivity index (χ1n) is 14.1. The van der Waals surface area contributed by atoms with Crippen molar-refractivity contribution in [3.8, 4) is 22.6 Å². The highest BCUT2D eigenvalue weighted by Gasteiger charge is 2.16. The van der Waals surface area contributed by atoms with E-state index in [0.29, 0.717) is 23.7 Å². The lowest BCUT2D eigenvalue weighted by Crippen LogP contribution is -2.04. The molecular formula is C36H50O5. The third kappa shape index (κ3) is 10.1. The van der Waals surface area contributed by atoms with E-state index < -0.39 is 0 Å². The second kappa shape index (κ2) is 18.0. The summed E-state index contributed by atoms with van der Waals surface area (Å²) in [6, 6.07) is 20.5. The predicted octanol–water partition coefficient (Wildman–Crippen LogP) is 10.1. The molecule has 0 aliphatic rings. The second-order valence-electron chi connectivity index (χ2n) is 9.75. The van der Waals surface area contributed by atoms with E-state index in [0.717, 1.165) is 41.1 Å². The SMILES string of the molecule is C.C.CCCCc1ccc(-c2cc(C(=O)OCC)c(C)o2)cc1.CCCCc1ccc(-c2cc(CO)c(C)o2)cc1. The molecule has 4 rings (SSSR count). The lowest BCUT2D eigenvalue weighted by atomic mass is 10.1. The topological polar surface area (TPSA) is 72.8 Å². The molecule has 1 N–H and O–H groups in total. The highest BCUT2D eigenvalue weighted by atomic mass is 16.5. The van der Waals surface area contributed by atoms with Crippen LogP contribution in [0, 0.1) is 13.8 Å². The van der Waals surface area contributed by atoms with Crippen molar-refractivity contribution < 1.29 is 23.5 Å². The maximum absolute atomic E-state index is 11.8. The number of esters is 1. The number of aryl methyl sites for hydroxylation is 4. The summed E-state index contributed by atoms with van der Waals surface area (Å²) in [5.74, 6) is 2.60. The molecule has 0 fully saturated rings. The third-order valence-corrected chi connectivity index (χ3v) is 6.72. The number of furan rings is 2. The van der Waals surface area contributed by atoms with Gasteiger partial charge in [-0.15, -0.1) is 0 Å². The van der Waals surface area contributed by atoms with E-state index in [4.69, 9.17) is 18.7 Å². The largest absolute Gasteiger partial charge is 0.462 e. The molecule has 0 aliphatic carbocycles. The maximum atomic E-state index is 11.8. The zero-order valence-electron chi connectivity index (χ0n) is 24.0. The summed E-state index contributed by atoms with van der Waals surface area (Å²) < 4.78 is 16.4. The lowest BCUT2D eigenvalue weighted by Gasteiger charge is -2.01. The molecule has 5 nitrogen and oxygen atoms in total. The van der Waals surface area contributed by atoms with Crippen molar-refractivity contribution >= 4 is 5.97 Å². The van der Waals surface area contributed by atoms with Gasteiger partial charge in [-0.3, -0.25) is 0 Å². The number of aliphatic hydroxyl groups is 1. The summed E-state index contributed by atoms with van der Waals surface area (Å²) >= 11 is 0. The van der Waals surface area contributed by atoms with E-state index >= 15 is 0 Å². The number of hydrogen-bond donors (Lipinski definition) is 1. The van der Waals surface area contributed by atoms with Gasteiger partial charge in [-0.25, -0.2) is 4.79 Å². The van der Waals surface area contributed by atoms with Crippen LogP contribution in [0.2, 0.25) is 0 Å². The second-order valence-corrected chi connectivity index (χ2v) is 9.75. The van der Waals surface area contributed by atoms with Gasteiger partial charge in [-0.1, -0.05) is 90.1 Å². The van der Waals surface area contributed by atoms with Gasteiger partial charge in [0.1, 0.15) is 28.6 Å². The number of carbonyl (C=O) groups is 1. The first-order chi connectivity index (χ1) is 18.9. The first kappa shape index (κ1) is 35.5. The summed E-state index contributed by atoms with van der Waals surface area (Å²) in [6.45, 7) is 10.3. The van der Waals surface area contributed by atoms with Crippen molar-refractivity contribution in [1.82, 2.24) is 0 Å². The standard InChI is InChI=1S/C18H22O3.C16H20O2.2CH4/c1-4-6-7-14-8-10-15(11-9-14)17-12-16(13(3)21-17)18(19)20-5-2;1-3-4-5-13-6-8-14(9-7-13)16-10-15(11-17)12(2)18-16;;/h8-12H,4-7H2,1-3H3;6-10,17H,3-5,11H2,1-2H3;2*1H4. The highest BCUT2D eigenvalue weighted by molar-refractivity contribution is 5.91. The fourth-order valence-corrected chi connectivity index (χ4v) is 4.29. The minimum absolute atomic E-state index is 0. The van der Waals surface area contributed by atoms with E-state index in [1.54, 1.807) is 19.9 Å². The normalized spacial score (nSPS) is 10.2. The summed E-state index contributed by atoms with van der Waals surface area (Å²) in [7, 11) is 0. The molecule has 0 atom stereocenters. The summed E-state index contributed by atoms with van der Waals surface area (Å²) in [4.78, 5) is 11.8. The Labute approximate surface area is 247 Å². The quantitative estimate of drug-likeness (QED) is 0.184. The van der Waals surface area contributed by atoms with E-state index in [-0.39, 0.29) is 27.4 Å². The molecule has 2 heterocycles. The number of hydrogen-bond acceptors (Lipinski definition) is 5. The Hall–Kier alpha value is -3.57. The fraction of sp³-hybridized carbons (Fsp3) is 0.417. The molecule has 41 heavy (non-hydrogen) atoms. The van der Waals surface area contributed by atoms with Gasteiger partial charge in [-0.2, -0.15) is 0 Å². The van der Waals surface area contributed by atoms with Gasteiger partial charge in [0.05, 0.1) is 13.2 Å². The van der Waals surface area contributed by atoms with Crippen LogP contribution >= 0.6 is 0 Å². The van der Waals surface area contributed by atoms with Gasteiger partial charge in [0.15, 0.2) is 0 Å². The summed E-state index contributed by atoms with van der Waals surface area (Å²) in [5, 5.41) is 9.16. The van der Waals surface area contributed by atoms with Crippen LogP contribution < -0.4 is 0 Å². The molecule has 4 aromatic rings. The van der Waals surface area contributed by atoms with Gasteiger partial charge >= 0.3 is 5.97 Å². The van der Waals surface area contributed by atoms with Crippen LogP contribution in [-0.2, 0) is 24.2 Å². The Balaban J connectivity index is 0.000000395. The molecule has 5 heteroatoms. The van der Waals surface area contributed by atoms with Crippen LogP contribution in [0.3, 0.4) is 0 Å². The van der Waals surface area contributed by atoms with Crippen molar-refractivity contribution in [1.29, 1.82) is 0 Å². The average molecular weight is 563 g/mol. The van der Waals surface area contributed by atoms with Gasteiger partial charge in [-0.05, 0) is 69.7 Å². The Morgan fingerprint density at radius 3 is 1.61 bits per heavy atom. The molecule has 0 amide bonds. The lowest BCUT2D eigenvalue weighted by molar-refractivity contribution is 0.0524. The molecule has 2 aromatic carbocycles. The number of aliphatic hydroxyl groups excluding tert-OH is 1. The predicted molar refractivity (Wildman–Crippen MR) is 170 cm³/mol. The zero-order chi connectivity index (χ0) is 28.2. The molecule has 0 aliphatic heterocycles. The molecule has 224 valence electrons. The van der Waals surface area contributed by atoms with E-state index in [1.165, 1.54) is 36.8 Å². The first-order valence-corrected chi connectivity index (χ1v) is 14.1. The van der Waals surface area contributed by atoms with E-state index in [1.807, 2.05) is 25.1 Å². The highest BCUT2D eigenvalue weighted by Crippen LogP contribution is 2.27. The molecule has 0 saturated carbocycles. The van der Waals surface area contributed by atoms with Crippen LogP contribution in [0.5, 0.6) is 0 Å². The van der Waals surface area contributed by atoms with E-state index in [2.05, 4.69) is 50.2 Å². The van der Waals surface area contributed by atoms with Crippen molar-refractivity contribution in [2.75, 3.05) is 6.61 Å². The molecule has 2 aromatic heterocycles. The molecular weight excluding hydrogens is 512 g/mol. The summed E-state index contributed by atoms with van der Waals surface area (Å²) in [6.07, 6.45) is 7.08. The van der Waals surface area contributed by atoms with Crippen molar-refractivity contribution in [2.24, 2.45) is 0 Å². The minimum Gasteiger partial charge on any atom is -0.462 e. The molecule has 0 saturated heterocycles. The summed E-state index contributed by atoms with van der Waals surface area (Å²) in [5.41, 5.74) is 6.11. The maximum Gasteiger partial charge on any atom is 0.341 e. The van der Waals surface area contributed by atoms with Crippen LogP contribution in [0.1, 0.15) is 99.9 Å². The smallest absolute Gasteiger partial charge is 0.341 e. The van der Waals surface area contributed by atoms with Crippen molar-refractivity contribution in [2.45, 2.75) is 94.6 Å².